The van der Waals surface area contributed by atoms with Gasteiger partial charge in [-0.2, -0.15) is 0 Å². The molecule has 90 valence electrons. The van der Waals surface area contributed by atoms with Crippen molar-refractivity contribution in [3.63, 3.8) is 0 Å². The second-order valence-corrected chi connectivity index (χ2v) is 4.74. The fraction of sp³-hybridized carbons (Fsp3) is 0.833. The zero-order valence-corrected chi connectivity index (χ0v) is 9.78. The third-order valence-electron chi connectivity index (χ3n) is 3.86. The van der Waals surface area contributed by atoms with Gasteiger partial charge in [0.15, 0.2) is 0 Å². The average molecular weight is 225 g/mol. The summed E-state index contributed by atoms with van der Waals surface area (Å²) in [5.74, 6) is -0.557. The summed E-state index contributed by atoms with van der Waals surface area (Å²) in [5.41, 5.74) is 0. The maximum absolute atomic E-state index is 11.8. The molecule has 1 saturated carbocycles. The van der Waals surface area contributed by atoms with Gasteiger partial charge >= 0.3 is 11.9 Å². The first kappa shape index (κ1) is 11.4. The van der Waals surface area contributed by atoms with Crippen LogP contribution in [0.2, 0.25) is 0 Å². The monoisotopic (exact) mass is 225 g/mol. The number of amides is 1. The Balaban J connectivity index is 2.02. The Morgan fingerprint density at radius 2 is 1.81 bits per heavy atom. The number of esters is 1. The summed E-state index contributed by atoms with van der Waals surface area (Å²) < 4.78 is 4.51. The van der Waals surface area contributed by atoms with E-state index < -0.39 is 11.9 Å². The van der Waals surface area contributed by atoms with Crippen LogP contribution in [0.25, 0.3) is 0 Å². The fourth-order valence-corrected chi connectivity index (χ4v) is 3.08. The van der Waals surface area contributed by atoms with Gasteiger partial charge in [-0.25, -0.2) is 4.79 Å². The van der Waals surface area contributed by atoms with Gasteiger partial charge < -0.3 is 9.64 Å². The molecule has 0 aromatic heterocycles. The minimum Gasteiger partial charge on any atom is -0.462 e. The van der Waals surface area contributed by atoms with Crippen LogP contribution in [0.3, 0.4) is 0 Å². The molecule has 1 aliphatic heterocycles. The second kappa shape index (κ2) is 4.85. The maximum Gasteiger partial charge on any atom is 0.396 e. The van der Waals surface area contributed by atoms with Crippen LogP contribution in [0.1, 0.15) is 38.5 Å². The molecule has 1 aliphatic carbocycles. The number of rotatable bonds is 1. The predicted molar refractivity (Wildman–Crippen MR) is 58.7 cm³/mol. The molecule has 16 heavy (non-hydrogen) atoms. The largest absolute Gasteiger partial charge is 0.462 e. The number of methoxy groups -OCH3 is 1. The summed E-state index contributed by atoms with van der Waals surface area (Å²) in [5, 5.41) is 0. The van der Waals surface area contributed by atoms with Gasteiger partial charge in [-0.15, -0.1) is 0 Å². The lowest BCUT2D eigenvalue weighted by Crippen LogP contribution is -2.43. The molecule has 2 aliphatic rings. The van der Waals surface area contributed by atoms with E-state index >= 15 is 0 Å². The van der Waals surface area contributed by atoms with Crippen LogP contribution >= 0.6 is 0 Å². The molecular weight excluding hydrogens is 206 g/mol. The highest BCUT2D eigenvalue weighted by Gasteiger charge is 2.38. The average Bonchev–Trinajstić information content (AvgIpc) is 2.95. The number of carbonyl (C=O) groups is 2. The molecule has 0 radical (unpaired) electrons. The van der Waals surface area contributed by atoms with E-state index in [4.69, 9.17) is 0 Å². The van der Waals surface area contributed by atoms with Crippen molar-refractivity contribution < 1.29 is 14.3 Å². The molecule has 1 atom stereocenters. The molecule has 2 fully saturated rings. The number of hydrogen-bond acceptors (Lipinski definition) is 3. The van der Waals surface area contributed by atoms with E-state index in [2.05, 4.69) is 4.74 Å². The van der Waals surface area contributed by atoms with E-state index in [1.807, 2.05) is 0 Å². The van der Waals surface area contributed by atoms with Crippen molar-refractivity contribution in [3.8, 4) is 0 Å². The zero-order chi connectivity index (χ0) is 11.5. The Hall–Kier alpha value is -1.06. The minimum absolute atomic E-state index is 0.286. The SMILES string of the molecule is COC(=O)C(=O)N1CCCC1C1CCCC1. The Morgan fingerprint density at radius 1 is 1.12 bits per heavy atom. The Morgan fingerprint density at radius 3 is 2.44 bits per heavy atom. The van der Waals surface area contributed by atoms with Gasteiger partial charge in [-0.05, 0) is 31.6 Å². The van der Waals surface area contributed by atoms with Crippen molar-refractivity contribution in [2.75, 3.05) is 13.7 Å². The fourth-order valence-electron chi connectivity index (χ4n) is 3.08. The molecule has 1 amide bonds. The molecule has 4 nitrogen and oxygen atoms in total. The summed E-state index contributed by atoms with van der Waals surface area (Å²) in [6.45, 7) is 0.717. The molecular formula is C12H19NO3. The number of hydrogen-bond donors (Lipinski definition) is 0. The minimum atomic E-state index is -0.718. The lowest BCUT2D eigenvalue weighted by molar-refractivity contribution is -0.159. The summed E-state index contributed by atoms with van der Waals surface area (Å²) in [6, 6.07) is 0.286. The van der Waals surface area contributed by atoms with Crippen LogP contribution in [0, 0.1) is 5.92 Å². The third kappa shape index (κ3) is 2.06. The van der Waals surface area contributed by atoms with Crippen LogP contribution < -0.4 is 0 Å². The van der Waals surface area contributed by atoms with Crippen LogP contribution in [-0.4, -0.2) is 36.5 Å². The molecule has 0 aromatic rings. The van der Waals surface area contributed by atoms with E-state index in [1.165, 1.54) is 32.8 Å². The van der Waals surface area contributed by atoms with Crippen molar-refractivity contribution in [1.82, 2.24) is 4.90 Å². The number of carbonyl (C=O) groups excluding carboxylic acids is 2. The Bertz CT molecular complexity index is 284. The van der Waals surface area contributed by atoms with E-state index in [0.29, 0.717) is 5.92 Å². The summed E-state index contributed by atoms with van der Waals surface area (Å²) >= 11 is 0. The van der Waals surface area contributed by atoms with Gasteiger partial charge in [0.2, 0.25) is 0 Å². The first-order valence-electron chi connectivity index (χ1n) is 6.13. The lowest BCUT2D eigenvalue weighted by atomic mass is 9.96. The number of likely N-dealkylation sites (tertiary alicyclic amines) is 1. The molecule has 4 heteroatoms. The second-order valence-electron chi connectivity index (χ2n) is 4.74. The highest BCUT2D eigenvalue weighted by atomic mass is 16.5. The molecule has 2 rings (SSSR count). The maximum atomic E-state index is 11.8. The number of ether oxygens (including phenoxy) is 1. The summed E-state index contributed by atoms with van der Waals surface area (Å²) in [6.07, 6.45) is 7.01. The van der Waals surface area contributed by atoms with Crippen LogP contribution in [-0.2, 0) is 14.3 Å². The van der Waals surface area contributed by atoms with Crippen molar-refractivity contribution in [2.45, 2.75) is 44.6 Å². The first-order valence-corrected chi connectivity index (χ1v) is 6.13. The van der Waals surface area contributed by atoms with Gasteiger partial charge in [0.05, 0.1) is 7.11 Å². The lowest BCUT2D eigenvalue weighted by Gasteiger charge is -2.28. The number of nitrogens with zero attached hydrogens (tertiary/aromatic N) is 1. The first-order chi connectivity index (χ1) is 7.74. The van der Waals surface area contributed by atoms with E-state index in [9.17, 15) is 9.59 Å². The summed E-state index contributed by atoms with van der Waals surface area (Å²) in [4.78, 5) is 24.8. The summed E-state index contributed by atoms with van der Waals surface area (Å²) in [7, 11) is 1.26. The smallest absolute Gasteiger partial charge is 0.396 e. The van der Waals surface area contributed by atoms with E-state index in [0.717, 1.165) is 19.4 Å². The highest BCUT2D eigenvalue weighted by molar-refractivity contribution is 6.32. The predicted octanol–water partition coefficient (Wildman–Crippen LogP) is 1.34. The third-order valence-corrected chi connectivity index (χ3v) is 3.86. The van der Waals surface area contributed by atoms with Gasteiger partial charge in [-0.1, -0.05) is 12.8 Å². The normalized spacial score (nSPS) is 26.1. The molecule has 1 saturated heterocycles. The van der Waals surface area contributed by atoms with Crippen molar-refractivity contribution >= 4 is 11.9 Å². The molecule has 0 aromatic carbocycles. The van der Waals surface area contributed by atoms with Crippen LogP contribution in [0.4, 0.5) is 0 Å². The van der Waals surface area contributed by atoms with Gasteiger partial charge in [-0.3, -0.25) is 4.79 Å². The van der Waals surface area contributed by atoms with E-state index in [1.54, 1.807) is 4.90 Å². The van der Waals surface area contributed by atoms with E-state index in [-0.39, 0.29) is 6.04 Å². The van der Waals surface area contributed by atoms with Crippen molar-refractivity contribution in [3.05, 3.63) is 0 Å². The Kier molecular flexibility index (Phi) is 3.46. The van der Waals surface area contributed by atoms with Gasteiger partial charge in [0, 0.05) is 12.6 Å². The molecule has 1 unspecified atom stereocenters. The van der Waals surface area contributed by atoms with Crippen LogP contribution in [0.15, 0.2) is 0 Å². The Labute approximate surface area is 95.9 Å². The van der Waals surface area contributed by atoms with Crippen molar-refractivity contribution in [2.24, 2.45) is 5.92 Å². The standard InChI is InChI=1S/C12H19NO3/c1-16-12(15)11(14)13-8-4-7-10(13)9-5-2-3-6-9/h9-10H,2-8H2,1H3. The van der Waals surface area contributed by atoms with Gasteiger partial charge in [0.25, 0.3) is 0 Å². The highest BCUT2D eigenvalue weighted by Crippen LogP contribution is 2.35. The zero-order valence-electron chi connectivity index (χ0n) is 9.78. The molecule has 0 bridgehead atoms. The quantitative estimate of drug-likeness (QED) is 0.500. The van der Waals surface area contributed by atoms with Crippen LogP contribution in [0.5, 0.6) is 0 Å². The molecule has 0 N–H and O–H groups in total. The van der Waals surface area contributed by atoms with Crippen molar-refractivity contribution in [1.29, 1.82) is 0 Å². The molecule has 1 heterocycles. The topological polar surface area (TPSA) is 46.6 Å². The van der Waals surface area contributed by atoms with Gasteiger partial charge in [0.1, 0.15) is 0 Å². The molecule has 0 spiro atoms.